The fourth-order valence-corrected chi connectivity index (χ4v) is 2.98. The number of rotatable bonds is 9. The van der Waals surface area contributed by atoms with Crippen molar-refractivity contribution < 1.29 is 37.0 Å². The van der Waals surface area contributed by atoms with Gasteiger partial charge in [-0.1, -0.05) is 44.2 Å². The van der Waals surface area contributed by atoms with Crippen LogP contribution in [0.1, 0.15) is 52.5 Å². The average Bonchev–Trinajstić information content (AvgIpc) is 2.69. The number of hydrogen-bond acceptors (Lipinski definition) is 5. The maximum absolute atomic E-state index is 13.3. The Morgan fingerprint density at radius 2 is 1.79 bits per heavy atom. The zero-order valence-electron chi connectivity index (χ0n) is 19.7. The standard InChI is InChI=1S/C23H30ClF3N2O5/c1-7-10-33-21(32)29-19(14(3)23(25,26)27)20(31)28-17-12-15(8-9-16(17)24)13(2)11-18(30)34-22(4,5)6/h7-9,12-14,19H,1,10-11H2,2-6H3,(H,28,31)(H,29,32)/t13-,14?,19?/m1/s1. The van der Waals surface area contributed by atoms with Crippen molar-refractivity contribution in [2.24, 2.45) is 5.92 Å². The van der Waals surface area contributed by atoms with Gasteiger partial charge in [-0.15, -0.1) is 0 Å². The number of alkyl carbamates (subject to hydrolysis) is 1. The highest BCUT2D eigenvalue weighted by atomic mass is 35.5. The Labute approximate surface area is 202 Å². The first-order valence-electron chi connectivity index (χ1n) is 10.5. The van der Waals surface area contributed by atoms with Crippen LogP contribution in [-0.2, 0) is 19.1 Å². The molecule has 3 atom stereocenters. The van der Waals surface area contributed by atoms with E-state index in [1.54, 1.807) is 33.8 Å². The first kappa shape index (κ1) is 29.3. The molecule has 0 spiro atoms. The van der Waals surface area contributed by atoms with Crippen LogP contribution in [-0.4, -0.2) is 42.4 Å². The van der Waals surface area contributed by atoms with Crippen molar-refractivity contribution in [2.75, 3.05) is 11.9 Å². The molecular weight excluding hydrogens is 477 g/mol. The van der Waals surface area contributed by atoms with Crippen molar-refractivity contribution >= 4 is 35.3 Å². The van der Waals surface area contributed by atoms with Gasteiger partial charge in [-0.25, -0.2) is 4.79 Å². The lowest BCUT2D eigenvalue weighted by Gasteiger charge is -2.26. The monoisotopic (exact) mass is 506 g/mol. The molecule has 2 amide bonds. The molecule has 0 aliphatic carbocycles. The summed E-state index contributed by atoms with van der Waals surface area (Å²) in [6.45, 7) is 10.8. The topological polar surface area (TPSA) is 93.7 Å². The number of halogens is 4. The molecule has 0 aliphatic heterocycles. The van der Waals surface area contributed by atoms with E-state index in [-0.39, 0.29) is 29.7 Å². The van der Waals surface area contributed by atoms with Gasteiger partial charge in [0.1, 0.15) is 18.2 Å². The van der Waals surface area contributed by atoms with E-state index in [9.17, 15) is 27.6 Å². The van der Waals surface area contributed by atoms with Crippen LogP contribution in [0, 0.1) is 5.92 Å². The van der Waals surface area contributed by atoms with Gasteiger partial charge in [0.15, 0.2) is 0 Å². The van der Waals surface area contributed by atoms with Crippen LogP contribution in [0.3, 0.4) is 0 Å². The predicted molar refractivity (Wildman–Crippen MR) is 123 cm³/mol. The number of esters is 1. The first-order chi connectivity index (χ1) is 15.5. The second-order valence-corrected chi connectivity index (χ2v) is 9.17. The van der Waals surface area contributed by atoms with Crippen LogP contribution >= 0.6 is 11.6 Å². The van der Waals surface area contributed by atoms with Gasteiger partial charge in [-0.2, -0.15) is 13.2 Å². The molecule has 34 heavy (non-hydrogen) atoms. The molecule has 0 radical (unpaired) electrons. The Balaban J connectivity index is 3.08. The number of carbonyl (C=O) groups is 3. The van der Waals surface area contributed by atoms with E-state index in [2.05, 4.69) is 16.6 Å². The van der Waals surface area contributed by atoms with Gasteiger partial charge < -0.3 is 20.1 Å². The Morgan fingerprint density at radius 1 is 1.18 bits per heavy atom. The van der Waals surface area contributed by atoms with Gasteiger partial charge in [0, 0.05) is 0 Å². The number of anilines is 1. The van der Waals surface area contributed by atoms with Gasteiger partial charge in [-0.3, -0.25) is 9.59 Å². The summed E-state index contributed by atoms with van der Waals surface area (Å²) in [5.74, 6) is -4.13. The summed E-state index contributed by atoms with van der Waals surface area (Å²) < 4.78 is 49.9. The molecule has 1 rings (SSSR count). The van der Waals surface area contributed by atoms with Gasteiger partial charge in [0.2, 0.25) is 5.91 Å². The molecule has 1 aromatic rings. The minimum Gasteiger partial charge on any atom is -0.460 e. The molecule has 1 aromatic carbocycles. The second kappa shape index (κ2) is 12.1. The highest BCUT2D eigenvalue weighted by Gasteiger charge is 2.45. The Hall–Kier alpha value is -2.75. The SMILES string of the molecule is C=CCOC(=O)NC(C(=O)Nc1cc([C@H](C)CC(=O)OC(C)(C)C)ccc1Cl)C(C)C(F)(F)F. The van der Waals surface area contributed by atoms with E-state index >= 15 is 0 Å². The van der Waals surface area contributed by atoms with Crippen molar-refractivity contribution in [3.63, 3.8) is 0 Å². The number of nitrogens with one attached hydrogen (secondary N) is 2. The fraction of sp³-hybridized carbons (Fsp3) is 0.522. The summed E-state index contributed by atoms with van der Waals surface area (Å²) in [4.78, 5) is 36.7. The van der Waals surface area contributed by atoms with Gasteiger partial charge in [-0.05, 0) is 44.4 Å². The zero-order valence-corrected chi connectivity index (χ0v) is 20.5. The number of benzene rings is 1. The van der Waals surface area contributed by atoms with E-state index in [4.69, 9.17) is 16.3 Å². The molecular formula is C23H30ClF3N2O5. The van der Waals surface area contributed by atoms with Crippen LogP contribution < -0.4 is 10.6 Å². The number of carbonyl (C=O) groups excluding carboxylic acids is 3. The minimum absolute atomic E-state index is 0.0286. The van der Waals surface area contributed by atoms with E-state index in [0.29, 0.717) is 5.56 Å². The van der Waals surface area contributed by atoms with Crippen molar-refractivity contribution in [3.8, 4) is 0 Å². The lowest BCUT2D eigenvalue weighted by Crippen LogP contribution is -2.52. The molecule has 7 nitrogen and oxygen atoms in total. The summed E-state index contributed by atoms with van der Waals surface area (Å²) in [7, 11) is 0. The molecule has 0 saturated heterocycles. The summed E-state index contributed by atoms with van der Waals surface area (Å²) in [5, 5.41) is 4.34. The zero-order chi connectivity index (χ0) is 26.3. The summed E-state index contributed by atoms with van der Waals surface area (Å²) in [6.07, 6.45) is -4.72. The van der Waals surface area contributed by atoms with Gasteiger partial charge >= 0.3 is 18.2 Å². The molecule has 2 N–H and O–H groups in total. The molecule has 0 bridgehead atoms. The third-order valence-electron chi connectivity index (χ3n) is 4.61. The van der Waals surface area contributed by atoms with Crippen LogP contribution in [0.25, 0.3) is 0 Å². The highest BCUT2D eigenvalue weighted by molar-refractivity contribution is 6.33. The normalized spacial score (nSPS) is 14.4. The quantitative estimate of drug-likeness (QED) is 0.336. The smallest absolute Gasteiger partial charge is 0.408 e. The van der Waals surface area contributed by atoms with Gasteiger partial charge in [0.25, 0.3) is 0 Å². The van der Waals surface area contributed by atoms with E-state index < -0.39 is 41.7 Å². The molecule has 0 aromatic heterocycles. The fourth-order valence-electron chi connectivity index (χ4n) is 2.82. The van der Waals surface area contributed by atoms with Crippen LogP contribution in [0.4, 0.5) is 23.7 Å². The van der Waals surface area contributed by atoms with E-state index in [1.165, 1.54) is 18.2 Å². The van der Waals surface area contributed by atoms with Crippen molar-refractivity contribution in [2.45, 2.75) is 64.8 Å². The molecule has 11 heteroatoms. The molecule has 0 fully saturated rings. The maximum Gasteiger partial charge on any atom is 0.408 e. The second-order valence-electron chi connectivity index (χ2n) is 8.76. The van der Waals surface area contributed by atoms with Gasteiger partial charge in [0.05, 0.1) is 23.0 Å². The lowest BCUT2D eigenvalue weighted by atomic mass is 9.96. The number of amides is 2. The van der Waals surface area contributed by atoms with E-state index in [0.717, 1.165) is 6.92 Å². The summed E-state index contributed by atoms with van der Waals surface area (Å²) in [5.41, 5.74) is -0.0230. The Kier molecular flexibility index (Phi) is 10.4. The van der Waals surface area contributed by atoms with Crippen LogP contribution in [0.5, 0.6) is 0 Å². The molecule has 190 valence electrons. The molecule has 0 aliphatic rings. The number of hydrogen-bond donors (Lipinski definition) is 2. The minimum atomic E-state index is -4.78. The van der Waals surface area contributed by atoms with Crippen LogP contribution in [0.15, 0.2) is 30.9 Å². The Bertz CT molecular complexity index is 900. The van der Waals surface area contributed by atoms with Crippen molar-refractivity contribution in [1.29, 1.82) is 0 Å². The third kappa shape index (κ3) is 9.62. The number of alkyl halides is 3. The van der Waals surface area contributed by atoms with Crippen molar-refractivity contribution in [1.82, 2.24) is 5.32 Å². The van der Waals surface area contributed by atoms with Crippen molar-refractivity contribution in [3.05, 3.63) is 41.4 Å². The Morgan fingerprint density at radius 3 is 2.32 bits per heavy atom. The summed E-state index contributed by atoms with van der Waals surface area (Å²) >= 11 is 6.13. The average molecular weight is 507 g/mol. The molecule has 0 saturated carbocycles. The van der Waals surface area contributed by atoms with Crippen LogP contribution in [0.2, 0.25) is 5.02 Å². The molecule has 2 unspecified atom stereocenters. The predicted octanol–water partition coefficient (Wildman–Crippen LogP) is 5.59. The summed E-state index contributed by atoms with van der Waals surface area (Å²) in [6, 6.07) is 2.55. The molecule has 0 heterocycles. The first-order valence-corrected chi connectivity index (χ1v) is 10.9. The third-order valence-corrected chi connectivity index (χ3v) is 4.94. The van der Waals surface area contributed by atoms with E-state index in [1.807, 2.05) is 5.32 Å². The lowest BCUT2D eigenvalue weighted by molar-refractivity contribution is -0.178. The maximum atomic E-state index is 13.3. The highest BCUT2D eigenvalue weighted by Crippen LogP contribution is 2.32. The number of ether oxygens (including phenoxy) is 2. The largest absolute Gasteiger partial charge is 0.460 e.